The van der Waals surface area contributed by atoms with Crippen LogP contribution in [-0.2, 0) is 11.2 Å². The Balaban J connectivity index is 1.54. The first-order valence-electron chi connectivity index (χ1n) is 7.20. The fourth-order valence-corrected chi connectivity index (χ4v) is 2.44. The van der Waals surface area contributed by atoms with E-state index < -0.39 is 17.7 Å². The maximum atomic E-state index is 12.1. The van der Waals surface area contributed by atoms with Crippen LogP contribution in [0.1, 0.15) is 32.2 Å². The third-order valence-electron chi connectivity index (χ3n) is 3.55. The molecule has 1 aromatic heterocycles. The van der Waals surface area contributed by atoms with Crippen molar-refractivity contribution in [3.8, 4) is 0 Å². The van der Waals surface area contributed by atoms with Crippen LogP contribution < -0.4 is 5.32 Å². The van der Waals surface area contributed by atoms with E-state index in [1.807, 2.05) is 6.92 Å². The molecule has 3 amide bonds. The first-order chi connectivity index (χ1) is 11.1. The molecule has 0 unspecified atom stereocenters. The average Bonchev–Trinajstić information content (AvgIpc) is 3.05. The molecule has 7 nitrogen and oxygen atoms in total. The highest BCUT2D eigenvalue weighted by Gasteiger charge is 2.36. The van der Waals surface area contributed by atoms with Crippen LogP contribution >= 0.6 is 0 Å². The third kappa shape index (κ3) is 2.98. The van der Waals surface area contributed by atoms with E-state index in [2.05, 4.69) is 10.5 Å². The second-order valence-corrected chi connectivity index (χ2v) is 5.28. The number of aryl methyl sites for hydroxylation is 1. The molecular formula is C16H15N3O4. The predicted octanol–water partition coefficient (Wildman–Crippen LogP) is 0.938. The van der Waals surface area contributed by atoms with E-state index >= 15 is 0 Å². The van der Waals surface area contributed by atoms with E-state index in [1.165, 1.54) is 0 Å². The van der Waals surface area contributed by atoms with Crippen LogP contribution in [0.4, 0.5) is 0 Å². The molecule has 1 N–H and O–H groups in total. The fraction of sp³-hybridized carbons (Fsp3) is 0.250. The Morgan fingerprint density at radius 3 is 2.43 bits per heavy atom. The topological polar surface area (TPSA) is 92.5 Å². The number of aromatic nitrogens is 1. The Labute approximate surface area is 132 Å². The first-order valence-corrected chi connectivity index (χ1v) is 7.20. The Bertz CT molecular complexity index is 746. The molecular weight excluding hydrogens is 298 g/mol. The van der Waals surface area contributed by atoms with E-state index in [4.69, 9.17) is 4.52 Å². The van der Waals surface area contributed by atoms with Crippen LogP contribution in [0.15, 0.2) is 34.9 Å². The van der Waals surface area contributed by atoms with Crippen molar-refractivity contribution in [2.24, 2.45) is 0 Å². The highest BCUT2D eigenvalue weighted by molar-refractivity contribution is 6.22. The fourth-order valence-electron chi connectivity index (χ4n) is 2.44. The maximum Gasteiger partial charge on any atom is 0.262 e. The van der Waals surface area contributed by atoms with Crippen LogP contribution in [0.2, 0.25) is 0 Å². The molecule has 7 heteroatoms. The van der Waals surface area contributed by atoms with Crippen molar-refractivity contribution in [3.63, 3.8) is 0 Å². The number of hydrogen-bond acceptors (Lipinski definition) is 5. The lowest BCUT2D eigenvalue weighted by molar-refractivity contribution is -0.121. The lowest BCUT2D eigenvalue weighted by Crippen LogP contribution is -2.40. The van der Waals surface area contributed by atoms with Gasteiger partial charge in [0.25, 0.3) is 11.8 Å². The molecule has 118 valence electrons. The van der Waals surface area contributed by atoms with Crippen molar-refractivity contribution in [2.45, 2.75) is 13.3 Å². The molecule has 3 rings (SSSR count). The minimum absolute atomic E-state index is 0.290. The van der Waals surface area contributed by atoms with E-state index in [-0.39, 0.29) is 6.54 Å². The number of nitrogens with zero attached hydrogens (tertiary/aromatic N) is 2. The molecule has 1 aromatic carbocycles. The number of rotatable bonds is 5. The SMILES string of the molecule is Cc1cc(CCNC(=O)CN2C(=O)c3ccccc3C2=O)on1. The Morgan fingerprint density at radius 2 is 1.87 bits per heavy atom. The summed E-state index contributed by atoms with van der Waals surface area (Å²) in [5, 5.41) is 6.42. The third-order valence-corrected chi connectivity index (χ3v) is 3.55. The normalized spacial score (nSPS) is 13.3. The summed E-state index contributed by atoms with van der Waals surface area (Å²) >= 11 is 0. The van der Waals surface area contributed by atoms with E-state index in [0.29, 0.717) is 29.9 Å². The van der Waals surface area contributed by atoms with Gasteiger partial charge in [0.2, 0.25) is 5.91 Å². The number of hydrogen-bond donors (Lipinski definition) is 1. The molecule has 2 heterocycles. The van der Waals surface area contributed by atoms with Gasteiger partial charge in [-0.1, -0.05) is 17.3 Å². The molecule has 0 spiro atoms. The highest BCUT2D eigenvalue weighted by Crippen LogP contribution is 2.21. The van der Waals surface area contributed by atoms with Gasteiger partial charge in [0, 0.05) is 19.0 Å². The standard InChI is InChI=1S/C16H15N3O4/c1-10-8-11(23-18-10)6-7-17-14(20)9-19-15(21)12-4-2-3-5-13(12)16(19)22/h2-5,8H,6-7,9H2,1H3,(H,17,20). The molecule has 0 radical (unpaired) electrons. The van der Waals surface area contributed by atoms with Gasteiger partial charge in [0.05, 0.1) is 16.8 Å². The van der Waals surface area contributed by atoms with E-state index in [1.54, 1.807) is 30.3 Å². The Morgan fingerprint density at radius 1 is 1.22 bits per heavy atom. The second-order valence-electron chi connectivity index (χ2n) is 5.28. The Hall–Kier alpha value is -2.96. The van der Waals surface area contributed by atoms with Gasteiger partial charge >= 0.3 is 0 Å². The Kier molecular flexibility index (Phi) is 3.92. The highest BCUT2D eigenvalue weighted by atomic mass is 16.5. The zero-order chi connectivity index (χ0) is 16.4. The quantitative estimate of drug-likeness (QED) is 0.829. The minimum atomic E-state index is -0.438. The molecule has 1 aliphatic heterocycles. The van der Waals surface area contributed by atoms with Gasteiger partial charge in [0.1, 0.15) is 12.3 Å². The summed E-state index contributed by atoms with van der Waals surface area (Å²) in [5.41, 5.74) is 1.45. The van der Waals surface area contributed by atoms with Crippen molar-refractivity contribution in [1.82, 2.24) is 15.4 Å². The minimum Gasteiger partial charge on any atom is -0.361 e. The van der Waals surface area contributed by atoms with Gasteiger partial charge < -0.3 is 9.84 Å². The number of benzene rings is 1. The van der Waals surface area contributed by atoms with Crippen LogP contribution in [0.3, 0.4) is 0 Å². The van der Waals surface area contributed by atoms with Gasteiger partial charge in [-0.3, -0.25) is 19.3 Å². The van der Waals surface area contributed by atoms with Gasteiger partial charge in [-0.25, -0.2) is 0 Å². The van der Waals surface area contributed by atoms with Crippen LogP contribution in [0.25, 0.3) is 0 Å². The zero-order valence-corrected chi connectivity index (χ0v) is 12.5. The van der Waals surface area contributed by atoms with E-state index in [0.717, 1.165) is 10.6 Å². The first kappa shape index (κ1) is 15.0. The number of imide groups is 1. The second kappa shape index (κ2) is 6.04. The summed E-state index contributed by atoms with van der Waals surface area (Å²) in [6.07, 6.45) is 0.495. The molecule has 0 atom stereocenters. The van der Waals surface area contributed by atoms with Crippen molar-refractivity contribution in [3.05, 3.63) is 52.9 Å². The number of nitrogens with one attached hydrogen (secondary N) is 1. The van der Waals surface area contributed by atoms with Gasteiger partial charge in [0.15, 0.2) is 0 Å². The molecule has 0 saturated heterocycles. The van der Waals surface area contributed by atoms with Crippen LogP contribution in [0, 0.1) is 6.92 Å². The lowest BCUT2D eigenvalue weighted by atomic mass is 10.1. The summed E-state index contributed by atoms with van der Waals surface area (Å²) in [5.74, 6) is -0.600. The van der Waals surface area contributed by atoms with Gasteiger partial charge in [-0.05, 0) is 19.1 Å². The van der Waals surface area contributed by atoms with Crippen molar-refractivity contribution in [2.75, 3.05) is 13.1 Å². The largest absolute Gasteiger partial charge is 0.361 e. The van der Waals surface area contributed by atoms with Crippen LogP contribution in [-0.4, -0.2) is 40.9 Å². The summed E-state index contributed by atoms with van der Waals surface area (Å²) < 4.78 is 5.04. The molecule has 23 heavy (non-hydrogen) atoms. The number of carbonyl (C=O) groups excluding carboxylic acids is 3. The van der Waals surface area contributed by atoms with E-state index in [9.17, 15) is 14.4 Å². The number of fused-ring (bicyclic) bond motifs is 1. The monoisotopic (exact) mass is 313 g/mol. The predicted molar refractivity (Wildman–Crippen MR) is 79.8 cm³/mol. The summed E-state index contributed by atoms with van der Waals surface area (Å²) in [4.78, 5) is 37.2. The number of carbonyl (C=O) groups is 3. The summed E-state index contributed by atoms with van der Waals surface area (Å²) in [6.45, 7) is 1.87. The molecule has 1 aliphatic rings. The van der Waals surface area contributed by atoms with Crippen LogP contribution in [0.5, 0.6) is 0 Å². The summed E-state index contributed by atoms with van der Waals surface area (Å²) in [7, 11) is 0. The molecule has 0 fully saturated rings. The van der Waals surface area contributed by atoms with Gasteiger partial charge in [-0.15, -0.1) is 0 Å². The molecule has 0 saturated carbocycles. The smallest absolute Gasteiger partial charge is 0.262 e. The van der Waals surface area contributed by atoms with Crippen molar-refractivity contribution >= 4 is 17.7 Å². The molecule has 2 aromatic rings. The molecule has 0 aliphatic carbocycles. The maximum absolute atomic E-state index is 12.1. The average molecular weight is 313 g/mol. The van der Waals surface area contributed by atoms with Crippen molar-refractivity contribution in [1.29, 1.82) is 0 Å². The number of amides is 3. The summed E-state index contributed by atoms with van der Waals surface area (Å²) in [6, 6.07) is 8.33. The lowest BCUT2D eigenvalue weighted by Gasteiger charge is -2.13. The zero-order valence-electron chi connectivity index (χ0n) is 12.5. The van der Waals surface area contributed by atoms with Crippen molar-refractivity contribution < 1.29 is 18.9 Å². The van der Waals surface area contributed by atoms with Gasteiger partial charge in [-0.2, -0.15) is 0 Å². The molecule has 0 bridgehead atoms.